The van der Waals surface area contributed by atoms with Crippen LogP contribution < -0.4 is 5.73 Å². The Balaban J connectivity index is 2.27. The zero-order valence-corrected chi connectivity index (χ0v) is 14.7. The van der Waals surface area contributed by atoms with Crippen LogP contribution in [-0.2, 0) is 14.8 Å². The van der Waals surface area contributed by atoms with Gasteiger partial charge >= 0.3 is 5.97 Å². The number of esters is 1. The SMILES string of the molecule is CCOC(=O)c1ccc(S(=O)(=O)N2CCC(CN)C2)c(Br)c1. The van der Waals surface area contributed by atoms with Crippen LogP contribution in [0.3, 0.4) is 0 Å². The van der Waals surface area contributed by atoms with Crippen molar-refractivity contribution in [2.24, 2.45) is 11.7 Å². The average molecular weight is 391 g/mol. The van der Waals surface area contributed by atoms with E-state index in [1.807, 2.05) is 0 Å². The molecule has 1 saturated heterocycles. The fourth-order valence-corrected chi connectivity index (χ4v) is 4.97. The van der Waals surface area contributed by atoms with Crippen molar-refractivity contribution in [2.75, 3.05) is 26.2 Å². The van der Waals surface area contributed by atoms with E-state index in [4.69, 9.17) is 10.5 Å². The molecule has 0 aromatic heterocycles. The summed E-state index contributed by atoms with van der Waals surface area (Å²) in [6.07, 6.45) is 0.772. The molecule has 1 aromatic carbocycles. The van der Waals surface area contributed by atoms with Gasteiger partial charge in [0.05, 0.1) is 17.1 Å². The summed E-state index contributed by atoms with van der Waals surface area (Å²) in [5, 5.41) is 0. The number of halogens is 1. The molecule has 1 aliphatic heterocycles. The molecule has 2 N–H and O–H groups in total. The minimum absolute atomic E-state index is 0.151. The molecule has 0 spiro atoms. The van der Waals surface area contributed by atoms with Crippen molar-refractivity contribution in [3.05, 3.63) is 28.2 Å². The Bertz CT molecular complexity index is 663. The Morgan fingerprint density at radius 3 is 2.77 bits per heavy atom. The number of carbonyl (C=O) groups excluding carboxylic acids is 1. The van der Waals surface area contributed by atoms with Crippen LogP contribution in [0.5, 0.6) is 0 Å². The van der Waals surface area contributed by atoms with Crippen LogP contribution in [0, 0.1) is 5.92 Å². The van der Waals surface area contributed by atoms with Gasteiger partial charge in [-0.15, -0.1) is 0 Å². The number of nitrogens with zero attached hydrogens (tertiary/aromatic N) is 1. The molecule has 1 heterocycles. The van der Waals surface area contributed by atoms with Gasteiger partial charge in [0.2, 0.25) is 10.0 Å². The molecule has 1 fully saturated rings. The van der Waals surface area contributed by atoms with E-state index in [9.17, 15) is 13.2 Å². The maximum Gasteiger partial charge on any atom is 0.338 e. The van der Waals surface area contributed by atoms with Crippen LogP contribution in [0.2, 0.25) is 0 Å². The smallest absolute Gasteiger partial charge is 0.338 e. The van der Waals surface area contributed by atoms with Gasteiger partial charge in [-0.05, 0) is 59.9 Å². The van der Waals surface area contributed by atoms with Crippen molar-refractivity contribution < 1.29 is 17.9 Å². The van der Waals surface area contributed by atoms with Gasteiger partial charge in [0.25, 0.3) is 0 Å². The van der Waals surface area contributed by atoms with Gasteiger partial charge in [-0.25, -0.2) is 13.2 Å². The van der Waals surface area contributed by atoms with Crippen LogP contribution in [0.15, 0.2) is 27.6 Å². The van der Waals surface area contributed by atoms with Crippen molar-refractivity contribution in [3.8, 4) is 0 Å². The maximum atomic E-state index is 12.7. The van der Waals surface area contributed by atoms with Gasteiger partial charge in [-0.3, -0.25) is 0 Å². The number of carbonyl (C=O) groups is 1. The molecule has 0 amide bonds. The van der Waals surface area contributed by atoms with E-state index < -0.39 is 16.0 Å². The highest BCUT2D eigenvalue weighted by molar-refractivity contribution is 9.10. The summed E-state index contributed by atoms with van der Waals surface area (Å²) in [5.41, 5.74) is 5.92. The third kappa shape index (κ3) is 3.51. The minimum Gasteiger partial charge on any atom is -0.462 e. The molecule has 1 aromatic rings. The molecular formula is C14H19BrN2O4S. The Hall–Kier alpha value is -0.960. The number of nitrogens with two attached hydrogens (primary N) is 1. The second kappa shape index (κ2) is 7.08. The van der Waals surface area contributed by atoms with Crippen molar-refractivity contribution >= 4 is 31.9 Å². The highest BCUT2D eigenvalue weighted by Crippen LogP contribution is 2.29. The summed E-state index contributed by atoms with van der Waals surface area (Å²) in [6, 6.07) is 4.37. The molecule has 6 nitrogen and oxygen atoms in total. The van der Waals surface area contributed by atoms with Crippen LogP contribution in [0.4, 0.5) is 0 Å². The zero-order valence-electron chi connectivity index (χ0n) is 12.3. The van der Waals surface area contributed by atoms with Gasteiger partial charge in [0.1, 0.15) is 0 Å². The van der Waals surface area contributed by atoms with E-state index in [1.165, 1.54) is 22.5 Å². The molecule has 0 radical (unpaired) electrons. The molecule has 0 aliphatic carbocycles. The van der Waals surface area contributed by atoms with E-state index in [0.29, 0.717) is 29.7 Å². The van der Waals surface area contributed by atoms with Crippen molar-refractivity contribution in [2.45, 2.75) is 18.2 Å². The van der Waals surface area contributed by atoms with Crippen molar-refractivity contribution in [1.82, 2.24) is 4.31 Å². The molecular weight excluding hydrogens is 372 g/mol. The first-order chi connectivity index (χ1) is 10.4. The summed E-state index contributed by atoms with van der Waals surface area (Å²) in [5.74, 6) is -0.274. The summed E-state index contributed by atoms with van der Waals surface area (Å²) in [7, 11) is -3.59. The predicted octanol–water partition coefficient (Wildman–Crippen LogP) is 1.60. The average Bonchev–Trinajstić information content (AvgIpc) is 2.96. The van der Waals surface area contributed by atoms with Crippen molar-refractivity contribution in [3.63, 3.8) is 0 Å². The fourth-order valence-electron chi connectivity index (χ4n) is 2.40. The van der Waals surface area contributed by atoms with Gasteiger partial charge in [0.15, 0.2) is 0 Å². The summed E-state index contributed by atoms with van der Waals surface area (Å²) in [6.45, 7) is 3.37. The summed E-state index contributed by atoms with van der Waals surface area (Å²) < 4.78 is 32.0. The third-order valence-corrected chi connectivity index (χ3v) is 6.48. The molecule has 1 aliphatic rings. The Morgan fingerprint density at radius 2 is 2.23 bits per heavy atom. The molecule has 0 saturated carbocycles. The lowest BCUT2D eigenvalue weighted by Gasteiger charge is -2.17. The number of rotatable bonds is 5. The fraction of sp³-hybridized carbons (Fsp3) is 0.500. The Morgan fingerprint density at radius 1 is 1.50 bits per heavy atom. The van der Waals surface area contributed by atoms with Crippen LogP contribution in [-0.4, -0.2) is 44.9 Å². The first-order valence-electron chi connectivity index (χ1n) is 7.07. The first kappa shape index (κ1) is 17.4. The number of ether oxygens (including phenoxy) is 1. The lowest BCUT2D eigenvalue weighted by atomic mass is 10.1. The predicted molar refractivity (Wildman–Crippen MR) is 86.0 cm³/mol. The number of hydrogen-bond donors (Lipinski definition) is 1. The maximum absolute atomic E-state index is 12.7. The molecule has 1 unspecified atom stereocenters. The van der Waals surface area contributed by atoms with E-state index >= 15 is 0 Å². The summed E-state index contributed by atoms with van der Waals surface area (Å²) in [4.78, 5) is 11.8. The lowest BCUT2D eigenvalue weighted by Crippen LogP contribution is -2.30. The lowest BCUT2D eigenvalue weighted by molar-refractivity contribution is 0.0526. The zero-order chi connectivity index (χ0) is 16.3. The molecule has 122 valence electrons. The van der Waals surface area contributed by atoms with Gasteiger partial charge in [-0.1, -0.05) is 0 Å². The van der Waals surface area contributed by atoms with Gasteiger partial charge in [-0.2, -0.15) is 4.31 Å². The first-order valence-corrected chi connectivity index (χ1v) is 9.30. The third-order valence-electron chi connectivity index (χ3n) is 3.64. The minimum atomic E-state index is -3.59. The van der Waals surface area contributed by atoms with Gasteiger partial charge < -0.3 is 10.5 Å². The molecule has 8 heteroatoms. The number of hydrogen-bond acceptors (Lipinski definition) is 5. The topological polar surface area (TPSA) is 89.7 Å². The van der Waals surface area contributed by atoms with E-state index in [1.54, 1.807) is 6.92 Å². The molecule has 0 bridgehead atoms. The number of benzene rings is 1. The highest BCUT2D eigenvalue weighted by atomic mass is 79.9. The van der Waals surface area contributed by atoms with Gasteiger partial charge in [0, 0.05) is 17.6 Å². The van der Waals surface area contributed by atoms with Crippen molar-refractivity contribution in [1.29, 1.82) is 0 Å². The molecule has 2 rings (SSSR count). The normalized spacial score (nSPS) is 19.3. The van der Waals surface area contributed by atoms with E-state index in [-0.39, 0.29) is 17.4 Å². The standard InChI is InChI=1S/C14H19BrN2O4S/c1-2-21-14(18)11-3-4-13(12(15)7-11)22(19,20)17-6-5-10(8-16)9-17/h3-4,7,10H,2,5-6,8-9,16H2,1H3. The molecule has 1 atom stereocenters. The monoisotopic (exact) mass is 390 g/mol. The highest BCUT2D eigenvalue weighted by Gasteiger charge is 2.33. The largest absolute Gasteiger partial charge is 0.462 e. The second-order valence-electron chi connectivity index (χ2n) is 5.12. The molecule has 22 heavy (non-hydrogen) atoms. The Kier molecular flexibility index (Phi) is 5.60. The second-order valence-corrected chi connectivity index (χ2v) is 7.88. The van der Waals surface area contributed by atoms with Crippen LogP contribution in [0.25, 0.3) is 0 Å². The van der Waals surface area contributed by atoms with E-state index in [0.717, 1.165) is 6.42 Å². The summed E-state index contributed by atoms with van der Waals surface area (Å²) >= 11 is 3.24. The number of sulfonamides is 1. The van der Waals surface area contributed by atoms with E-state index in [2.05, 4.69) is 15.9 Å². The Labute approximate surface area is 138 Å². The quantitative estimate of drug-likeness (QED) is 0.770. The van der Waals surface area contributed by atoms with Crippen LogP contribution >= 0.6 is 15.9 Å². The van der Waals surface area contributed by atoms with Crippen LogP contribution in [0.1, 0.15) is 23.7 Å².